The summed E-state index contributed by atoms with van der Waals surface area (Å²) in [7, 11) is 0. The Hall–Kier alpha value is -0.580. The molecule has 2 rings (SSSR count). The Kier molecular flexibility index (Phi) is 5.47. The van der Waals surface area contributed by atoms with E-state index in [1.807, 2.05) is 23.9 Å². The van der Waals surface area contributed by atoms with Gasteiger partial charge in [-0.3, -0.25) is 0 Å². The van der Waals surface area contributed by atoms with Gasteiger partial charge in [0.25, 0.3) is 0 Å². The van der Waals surface area contributed by atoms with Crippen molar-refractivity contribution in [3.63, 3.8) is 0 Å². The van der Waals surface area contributed by atoms with Crippen LogP contribution in [0.2, 0.25) is 5.15 Å². The zero-order chi connectivity index (χ0) is 14.7. The molecule has 2 aromatic rings. The molecule has 0 atom stereocenters. The molecular formula is C15H16BrClN2S. The van der Waals surface area contributed by atoms with Gasteiger partial charge >= 0.3 is 0 Å². The molecule has 0 spiro atoms. The maximum Gasteiger partial charge on any atom is 0.161 e. The average Bonchev–Trinajstić information content (AvgIpc) is 2.42. The molecule has 1 aromatic carbocycles. The SMILES string of the molecule is CCSc1ccc(-c2nc(Cl)c(Br)c(C(C)C)n2)cc1. The van der Waals surface area contributed by atoms with Gasteiger partial charge in [-0.1, -0.05) is 44.5 Å². The highest BCUT2D eigenvalue weighted by Crippen LogP contribution is 2.31. The number of nitrogens with zero attached hydrogens (tertiary/aromatic N) is 2. The van der Waals surface area contributed by atoms with Crippen LogP contribution in [0.3, 0.4) is 0 Å². The van der Waals surface area contributed by atoms with E-state index in [4.69, 9.17) is 11.6 Å². The third kappa shape index (κ3) is 3.54. The molecule has 0 N–H and O–H groups in total. The van der Waals surface area contributed by atoms with Crippen molar-refractivity contribution in [1.29, 1.82) is 0 Å². The Morgan fingerprint density at radius 3 is 2.40 bits per heavy atom. The minimum atomic E-state index is 0.290. The third-order valence-electron chi connectivity index (χ3n) is 2.81. The van der Waals surface area contributed by atoms with Crippen molar-refractivity contribution < 1.29 is 0 Å². The summed E-state index contributed by atoms with van der Waals surface area (Å²) in [6, 6.07) is 8.28. The van der Waals surface area contributed by atoms with Crippen LogP contribution in [-0.2, 0) is 0 Å². The van der Waals surface area contributed by atoms with E-state index in [0.29, 0.717) is 16.9 Å². The first kappa shape index (κ1) is 15.8. The summed E-state index contributed by atoms with van der Waals surface area (Å²) in [5.74, 6) is 2.03. The van der Waals surface area contributed by atoms with Gasteiger partial charge < -0.3 is 0 Å². The van der Waals surface area contributed by atoms with Crippen molar-refractivity contribution in [2.24, 2.45) is 0 Å². The highest BCUT2D eigenvalue weighted by atomic mass is 79.9. The lowest BCUT2D eigenvalue weighted by Gasteiger charge is -2.11. The second-order valence-electron chi connectivity index (χ2n) is 4.65. The van der Waals surface area contributed by atoms with E-state index in [0.717, 1.165) is 21.5 Å². The average molecular weight is 372 g/mol. The number of rotatable bonds is 4. The minimum Gasteiger partial charge on any atom is -0.232 e. The highest BCUT2D eigenvalue weighted by molar-refractivity contribution is 9.10. The number of halogens is 2. The molecule has 0 unspecified atom stereocenters. The van der Waals surface area contributed by atoms with Crippen LogP contribution in [0.5, 0.6) is 0 Å². The van der Waals surface area contributed by atoms with Crippen molar-refractivity contribution in [2.45, 2.75) is 31.6 Å². The maximum atomic E-state index is 6.19. The lowest BCUT2D eigenvalue weighted by atomic mass is 10.1. The molecule has 0 bridgehead atoms. The molecule has 0 saturated carbocycles. The standard InChI is InChI=1S/C15H16BrClN2S/c1-4-20-11-7-5-10(6-8-11)15-18-13(9(2)3)12(16)14(17)19-15/h5-9H,4H2,1-3H3. The van der Waals surface area contributed by atoms with Crippen LogP contribution in [0.15, 0.2) is 33.6 Å². The van der Waals surface area contributed by atoms with Crippen LogP contribution in [0.25, 0.3) is 11.4 Å². The molecular weight excluding hydrogens is 356 g/mol. The lowest BCUT2D eigenvalue weighted by Crippen LogP contribution is -2.00. The first-order valence-electron chi connectivity index (χ1n) is 6.49. The van der Waals surface area contributed by atoms with Crippen LogP contribution >= 0.6 is 39.3 Å². The van der Waals surface area contributed by atoms with Crippen LogP contribution in [0, 0.1) is 0 Å². The van der Waals surface area contributed by atoms with Crippen molar-refractivity contribution in [2.75, 3.05) is 5.75 Å². The van der Waals surface area contributed by atoms with Crippen molar-refractivity contribution >= 4 is 39.3 Å². The molecule has 0 fully saturated rings. The Labute approximate surface area is 137 Å². The molecule has 0 saturated heterocycles. The smallest absolute Gasteiger partial charge is 0.161 e. The normalized spacial score (nSPS) is 11.1. The van der Waals surface area contributed by atoms with Crippen LogP contribution in [0.1, 0.15) is 32.4 Å². The molecule has 0 aliphatic rings. The molecule has 0 amide bonds. The molecule has 0 radical (unpaired) electrons. The van der Waals surface area contributed by atoms with E-state index in [1.165, 1.54) is 4.90 Å². The van der Waals surface area contributed by atoms with Crippen LogP contribution in [0.4, 0.5) is 0 Å². The van der Waals surface area contributed by atoms with E-state index in [1.54, 1.807) is 0 Å². The number of benzene rings is 1. The Morgan fingerprint density at radius 2 is 1.85 bits per heavy atom. The second-order valence-corrected chi connectivity index (χ2v) is 7.14. The quantitative estimate of drug-likeness (QED) is 0.502. The van der Waals surface area contributed by atoms with Crippen molar-refractivity contribution in [3.05, 3.63) is 39.6 Å². The predicted molar refractivity (Wildman–Crippen MR) is 90.7 cm³/mol. The highest BCUT2D eigenvalue weighted by Gasteiger charge is 2.14. The van der Waals surface area contributed by atoms with Gasteiger partial charge in [0.15, 0.2) is 5.82 Å². The van der Waals surface area contributed by atoms with Crippen molar-refractivity contribution in [3.8, 4) is 11.4 Å². The topological polar surface area (TPSA) is 25.8 Å². The fourth-order valence-corrected chi connectivity index (χ4v) is 3.29. The molecule has 2 nitrogen and oxygen atoms in total. The molecule has 1 heterocycles. The molecule has 1 aromatic heterocycles. The summed E-state index contributed by atoms with van der Waals surface area (Å²) < 4.78 is 0.788. The Morgan fingerprint density at radius 1 is 1.20 bits per heavy atom. The fraction of sp³-hybridized carbons (Fsp3) is 0.333. The summed E-state index contributed by atoms with van der Waals surface area (Å²) in [5.41, 5.74) is 1.92. The lowest BCUT2D eigenvalue weighted by molar-refractivity contribution is 0.809. The predicted octanol–water partition coefficient (Wildman–Crippen LogP) is 5.79. The van der Waals surface area contributed by atoms with E-state index in [-0.39, 0.29) is 0 Å². The maximum absolute atomic E-state index is 6.19. The van der Waals surface area contributed by atoms with Gasteiger partial charge in [0.1, 0.15) is 5.15 Å². The Bertz CT molecular complexity index is 600. The number of hydrogen-bond acceptors (Lipinski definition) is 3. The minimum absolute atomic E-state index is 0.290. The van der Waals surface area contributed by atoms with Crippen LogP contribution in [-0.4, -0.2) is 15.7 Å². The van der Waals surface area contributed by atoms with Gasteiger partial charge in [0, 0.05) is 10.5 Å². The first-order chi connectivity index (χ1) is 9.52. The summed E-state index contributed by atoms with van der Waals surface area (Å²) in [5, 5.41) is 0.464. The second kappa shape index (κ2) is 6.92. The number of aromatic nitrogens is 2. The van der Waals surface area contributed by atoms with Gasteiger partial charge in [-0.2, -0.15) is 0 Å². The molecule has 106 valence electrons. The van der Waals surface area contributed by atoms with Gasteiger partial charge in [-0.05, 0) is 39.7 Å². The van der Waals surface area contributed by atoms with Gasteiger partial charge in [-0.15, -0.1) is 11.8 Å². The van der Waals surface area contributed by atoms with Gasteiger partial charge in [0.05, 0.1) is 10.2 Å². The summed E-state index contributed by atoms with van der Waals surface area (Å²) in [6.45, 7) is 6.33. The number of hydrogen-bond donors (Lipinski definition) is 0. The zero-order valence-electron chi connectivity index (χ0n) is 11.7. The summed E-state index contributed by atoms with van der Waals surface area (Å²) >= 11 is 11.5. The molecule has 5 heteroatoms. The van der Waals surface area contributed by atoms with E-state index < -0.39 is 0 Å². The largest absolute Gasteiger partial charge is 0.232 e. The molecule has 20 heavy (non-hydrogen) atoms. The van der Waals surface area contributed by atoms with E-state index >= 15 is 0 Å². The fourth-order valence-electron chi connectivity index (χ4n) is 1.81. The van der Waals surface area contributed by atoms with Crippen molar-refractivity contribution in [1.82, 2.24) is 9.97 Å². The van der Waals surface area contributed by atoms with Gasteiger partial charge in [-0.25, -0.2) is 9.97 Å². The monoisotopic (exact) mass is 370 g/mol. The van der Waals surface area contributed by atoms with Gasteiger partial charge in [0.2, 0.25) is 0 Å². The summed E-state index contributed by atoms with van der Waals surface area (Å²) in [6.07, 6.45) is 0. The molecule has 0 aliphatic carbocycles. The van der Waals surface area contributed by atoms with E-state index in [9.17, 15) is 0 Å². The zero-order valence-corrected chi connectivity index (χ0v) is 14.8. The number of thioether (sulfide) groups is 1. The summed E-state index contributed by atoms with van der Waals surface area (Å²) in [4.78, 5) is 10.2. The van der Waals surface area contributed by atoms with Crippen LogP contribution < -0.4 is 0 Å². The molecule has 0 aliphatic heterocycles. The van der Waals surface area contributed by atoms with E-state index in [2.05, 4.69) is 58.8 Å². The first-order valence-corrected chi connectivity index (χ1v) is 8.64. The third-order valence-corrected chi connectivity index (χ3v) is 4.98. The Balaban J connectivity index is 2.42.